The number of carbonyl (C=O) groups is 1. The predicted molar refractivity (Wildman–Crippen MR) is 110 cm³/mol. The summed E-state index contributed by atoms with van der Waals surface area (Å²) in [4.78, 5) is 29.7. The molecule has 7 aliphatic rings. The summed E-state index contributed by atoms with van der Waals surface area (Å²) in [5, 5.41) is 0. The Morgan fingerprint density at radius 3 is 2.64 bits per heavy atom. The second-order valence-corrected chi connectivity index (χ2v) is 9.92. The molecule has 4 unspecified atom stereocenters. The van der Waals surface area contributed by atoms with Crippen molar-refractivity contribution < 1.29 is 22.7 Å². The first-order chi connectivity index (χ1) is 15.7. The number of halogens is 3. The number of anilines is 2. The number of aromatic nitrogens is 3. The molecule has 4 aliphatic heterocycles. The summed E-state index contributed by atoms with van der Waals surface area (Å²) >= 11 is 0. The third-order valence-corrected chi connectivity index (χ3v) is 8.27. The zero-order valence-electron chi connectivity index (χ0n) is 17.7. The van der Waals surface area contributed by atoms with Crippen LogP contribution in [0.25, 0.3) is 11.3 Å². The molecule has 1 amide bonds. The summed E-state index contributed by atoms with van der Waals surface area (Å²) in [5.41, 5.74) is 7.20. The van der Waals surface area contributed by atoms with Crippen LogP contribution in [-0.4, -0.2) is 57.3 Å². The van der Waals surface area contributed by atoms with E-state index in [9.17, 15) is 18.0 Å². The summed E-state index contributed by atoms with van der Waals surface area (Å²) in [6.07, 6.45) is -1.24. The van der Waals surface area contributed by atoms with Gasteiger partial charge in [-0.2, -0.15) is 0 Å². The fraction of sp³-hybridized carbons (Fsp3) is 0.545. The highest BCUT2D eigenvalue weighted by atomic mass is 19.4. The highest BCUT2D eigenvalue weighted by molar-refractivity contribution is 5.79. The number of rotatable bonds is 4. The predicted octanol–water partition coefficient (Wildman–Crippen LogP) is 2.35. The van der Waals surface area contributed by atoms with Crippen LogP contribution in [0.1, 0.15) is 25.5 Å². The molecule has 3 saturated carbocycles. The normalized spacial score (nSPS) is 34.7. The van der Waals surface area contributed by atoms with E-state index in [4.69, 9.17) is 15.7 Å². The minimum absolute atomic E-state index is 0.0680. The van der Waals surface area contributed by atoms with Gasteiger partial charge in [-0.3, -0.25) is 4.79 Å². The second kappa shape index (κ2) is 5.87. The van der Waals surface area contributed by atoms with E-state index in [1.54, 1.807) is 6.92 Å². The van der Waals surface area contributed by atoms with E-state index in [0.717, 1.165) is 31.6 Å². The van der Waals surface area contributed by atoms with Gasteiger partial charge in [-0.1, -0.05) is 0 Å². The van der Waals surface area contributed by atoms with Crippen molar-refractivity contribution in [2.45, 2.75) is 43.6 Å². The van der Waals surface area contributed by atoms with Gasteiger partial charge < -0.3 is 20.3 Å². The number of alkyl halides is 3. The molecule has 0 radical (unpaired) electrons. The fourth-order valence-electron chi connectivity index (χ4n) is 6.64. The molecule has 4 bridgehead atoms. The second-order valence-electron chi connectivity index (χ2n) is 9.92. The minimum Gasteiger partial charge on any atom is -0.402 e. The van der Waals surface area contributed by atoms with Gasteiger partial charge in [0.15, 0.2) is 11.6 Å². The quantitative estimate of drug-likeness (QED) is 0.751. The third-order valence-electron chi connectivity index (χ3n) is 8.27. The van der Waals surface area contributed by atoms with Gasteiger partial charge in [0.05, 0.1) is 11.4 Å². The summed E-state index contributed by atoms with van der Waals surface area (Å²) in [7, 11) is 0. The Balaban J connectivity index is 1.31. The zero-order valence-corrected chi connectivity index (χ0v) is 17.7. The lowest BCUT2D eigenvalue weighted by atomic mass is 9.86. The van der Waals surface area contributed by atoms with Gasteiger partial charge in [-0.15, -0.1) is 13.2 Å². The van der Waals surface area contributed by atoms with Crippen LogP contribution in [0.2, 0.25) is 0 Å². The van der Waals surface area contributed by atoms with Crippen molar-refractivity contribution in [3.63, 3.8) is 0 Å². The minimum atomic E-state index is -4.88. The molecule has 2 aromatic heterocycles. The van der Waals surface area contributed by atoms with E-state index in [1.165, 1.54) is 12.3 Å². The van der Waals surface area contributed by atoms with Crippen molar-refractivity contribution in [2.75, 3.05) is 23.7 Å². The Bertz CT molecular complexity index is 1210. The first-order valence-corrected chi connectivity index (χ1v) is 11.1. The third kappa shape index (κ3) is 2.53. The molecular weight excluding hydrogens is 437 g/mol. The van der Waals surface area contributed by atoms with Gasteiger partial charge in [0.25, 0.3) is 0 Å². The molecule has 0 aromatic carbocycles. The molecule has 11 heteroatoms. The van der Waals surface area contributed by atoms with Crippen molar-refractivity contribution >= 4 is 17.7 Å². The zero-order chi connectivity index (χ0) is 22.9. The molecular formula is C22H21F3N6O2. The van der Waals surface area contributed by atoms with E-state index >= 15 is 0 Å². The summed E-state index contributed by atoms with van der Waals surface area (Å²) < 4.78 is 42.6. The van der Waals surface area contributed by atoms with Crippen molar-refractivity contribution in [1.29, 1.82) is 0 Å². The van der Waals surface area contributed by atoms with Crippen LogP contribution < -0.4 is 15.4 Å². The topological polar surface area (TPSA) is 97.5 Å². The maximum absolute atomic E-state index is 12.8. The van der Waals surface area contributed by atoms with E-state index in [2.05, 4.69) is 14.6 Å². The van der Waals surface area contributed by atoms with Crippen LogP contribution in [-0.2, 0) is 10.2 Å². The number of pyridine rings is 1. The number of hydrogen-bond acceptors (Lipinski definition) is 7. The van der Waals surface area contributed by atoms with Gasteiger partial charge in [-0.05, 0) is 42.7 Å². The number of nitrogens with two attached hydrogens (primary N) is 1. The van der Waals surface area contributed by atoms with Crippen LogP contribution in [0.5, 0.6) is 5.75 Å². The highest BCUT2D eigenvalue weighted by Gasteiger charge is 2.94. The number of piperidine rings is 1. The van der Waals surface area contributed by atoms with Crippen LogP contribution in [0.3, 0.4) is 0 Å². The molecule has 172 valence electrons. The Hall–Kier alpha value is -3.11. The lowest BCUT2D eigenvalue weighted by Crippen LogP contribution is -2.31. The first-order valence-electron chi connectivity index (χ1n) is 11.1. The molecule has 8 nitrogen and oxygen atoms in total. The van der Waals surface area contributed by atoms with Gasteiger partial charge in [0.2, 0.25) is 11.9 Å². The lowest BCUT2D eigenvalue weighted by Gasteiger charge is -2.26. The molecule has 6 heterocycles. The average Bonchev–Trinajstić information content (AvgIpc) is 3.21. The number of hydrogen-bond donors (Lipinski definition) is 1. The van der Waals surface area contributed by atoms with E-state index in [0.29, 0.717) is 41.0 Å². The lowest BCUT2D eigenvalue weighted by molar-refractivity contribution is -0.274. The number of carbonyl (C=O) groups excluding carboxylic acids is 1. The summed E-state index contributed by atoms with van der Waals surface area (Å²) in [6.45, 7) is 3.21. The van der Waals surface area contributed by atoms with Crippen molar-refractivity contribution in [3.05, 3.63) is 24.0 Å². The Kier molecular flexibility index (Phi) is 3.44. The Labute approximate surface area is 186 Å². The molecule has 2 aromatic rings. The van der Waals surface area contributed by atoms with E-state index < -0.39 is 12.1 Å². The largest absolute Gasteiger partial charge is 0.573 e. The maximum atomic E-state index is 12.8. The van der Waals surface area contributed by atoms with Crippen molar-refractivity contribution in [1.82, 2.24) is 19.9 Å². The van der Waals surface area contributed by atoms with Crippen molar-refractivity contribution in [2.24, 2.45) is 17.8 Å². The van der Waals surface area contributed by atoms with Gasteiger partial charge in [0, 0.05) is 49.3 Å². The number of ether oxygens (including phenoxy) is 1. The number of amides is 1. The maximum Gasteiger partial charge on any atom is 0.573 e. The van der Waals surface area contributed by atoms with Gasteiger partial charge >= 0.3 is 6.36 Å². The number of nitrogen functional groups attached to an aromatic ring is 1. The van der Waals surface area contributed by atoms with Crippen LogP contribution in [0.15, 0.2) is 18.3 Å². The number of nitrogens with zero attached hydrogens (tertiary/aromatic N) is 5. The van der Waals surface area contributed by atoms with E-state index in [-0.39, 0.29) is 23.2 Å². The molecule has 9 rings (SSSR count). The van der Waals surface area contributed by atoms with Crippen molar-refractivity contribution in [3.8, 4) is 17.0 Å². The Morgan fingerprint density at radius 2 is 2.03 bits per heavy atom. The summed E-state index contributed by atoms with van der Waals surface area (Å²) in [6, 6.07) is 3.63. The first kappa shape index (κ1) is 19.4. The molecule has 4 saturated heterocycles. The Morgan fingerprint density at radius 1 is 1.24 bits per heavy atom. The molecule has 7 fully saturated rings. The van der Waals surface area contributed by atoms with E-state index in [1.807, 2.05) is 11.0 Å². The average molecular weight is 458 g/mol. The smallest absolute Gasteiger partial charge is 0.402 e. The molecule has 0 spiro atoms. The molecule has 33 heavy (non-hydrogen) atoms. The summed E-state index contributed by atoms with van der Waals surface area (Å²) in [5.74, 6) is 1.22. The van der Waals surface area contributed by atoms with Gasteiger partial charge in [-0.25, -0.2) is 15.0 Å². The van der Waals surface area contributed by atoms with Crippen LogP contribution in [0.4, 0.5) is 24.9 Å². The standard InChI is InChI=1S/C22H21F3N6O2/c1-9(32)30-8-13-17-18(30)21(13,17)16-5-14(28-20(29-16)31-7-10-2-12(31)3-10)11-4-15(19(26)27-6-11)33-22(23,24)25/h4-6,10,12-13,17-18H,2-3,7-8H2,1H3,(H2,26,27). The van der Waals surface area contributed by atoms with Crippen LogP contribution >= 0.6 is 0 Å². The molecule has 2 N–H and O–H groups in total. The fourth-order valence-corrected chi connectivity index (χ4v) is 6.64. The number of fused-ring (bicyclic) bond motifs is 2. The van der Waals surface area contributed by atoms with Crippen LogP contribution in [0, 0.1) is 17.8 Å². The highest BCUT2D eigenvalue weighted by Crippen LogP contribution is 2.85. The monoisotopic (exact) mass is 458 g/mol. The molecule has 4 atom stereocenters. The SMILES string of the molecule is CC(=O)N1CC2C3C1C23c1cc(-c2cnc(N)c(OC(F)(F)F)c2)nc(N2CC3CC2C3)n1. The van der Waals surface area contributed by atoms with Gasteiger partial charge in [0.1, 0.15) is 0 Å². The molecule has 3 aliphatic carbocycles.